The molecule has 0 spiro atoms. The van der Waals surface area contributed by atoms with Crippen LogP contribution in [0.5, 0.6) is 0 Å². The third-order valence-corrected chi connectivity index (χ3v) is 5.22. The van der Waals surface area contributed by atoms with Crippen LogP contribution in [0.2, 0.25) is 0 Å². The Labute approximate surface area is 129 Å². The van der Waals surface area contributed by atoms with Crippen molar-refractivity contribution in [3.63, 3.8) is 0 Å². The van der Waals surface area contributed by atoms with Crippen LogP contribution >= 0.6 is 27.3 Å². The lowest BCUT2D eigenvalue weighted by molar-refractivity contribution is 0.811. The predicted molar refractivity (Wildman–Crippen MR) is 86.0 cm³/mol. The van der Waals surface area contributed by atoms with Gasteiger partial charge >= 0.3 is 0 Å². The van der Waals surface area contributed by atoms with E-state index in [4.69, 9.17) is 0 Å². The number of halogens is 1. The topological polar surface area (TPSA) is 55.6 Å². The molecule has 1 N–H and O–H groups in total. The number of nitrogens with zero attached hydrogens (tertiary/aromatic N) is 4. The SMILES string of the molecule is CNc1nc(-n2nc(C)c(Br)c2C)c2cc(C)sc2n1. The molecule has 3 heterocycles. The molecule has 3 rings (SSSR count). The molecular weight excluding hydrogens is 338 g/mol. The predicted octanol–water partition coefficient (Wildman–Crippen LogP) is 3.61. The second-order valence-electron chi connectivity index (χ2n) is 4.59. The minimum absolute atomic E-state index is 0.609. The van der Waals surface area contributed by atoms with Crippen molar-refractivity contribution in [2.24, 2.45) is 0 Å². The number of hydrogen-bond acceptors (Lipinski definition) is 5. The molecule has 0 atom stereocenters. The molecule has 3 aromatic heterocycles. The van der Waals surface area contributed by atoms with Gasteiger partial charge in [-0.25, -0.2) is 9.67 Å². The van der Waals surface area contributed by atoms with E-state index in [0.717, 1.165) is 31.9 Å². The van der Waals surface area contributed by atoms with Gasteiger partial charge in [-0.3, -0.25) is 0 Å². The van der Waals surface area contributed by atoms with Crippen molar-refractivity contribution in [3.8, 4) is 5.82 Å². The van der Waals surface area contributed by atoms with Crippen LogP contribution < -0.4 is 5.32 Å². The summed E-state index contributed by atoms with van der Waals surface area (Å²) in [4.78, 5) is 11.3. The van der Waals surface area contributed by atoms with E-state index in [2.05, 4.69) is 49.3 Å². The summed E-state index contributed by atoms with van der Waals surface area (Å²) in [6.07, 6.45) is 0. The lowest BCUT2D eigenvalue weighted by atomic mass is 10.3. The van der Waals surface area contributed by atoms with Crippen LogP contribution in [0.25, 0.3) is 16.0 Å². The minimum atomic E-state index is 0.609. The summed E-state index contributed by atoms with van der Waals surface area (Å²) < 4.78 is 2.89. The molecule has 5 nitrogen and oxygen atoms in total. The van der Waals surface area contributed by atoms with Gasteiger partial charge in [-0.2, -0.15) is 10.1 Å². The van der Waals surface area contributed by atoms with E-state index in [1.165, 1.54) is 4.88 Å². The molecule has 0 unspecified atom stereocenters. The lowest BCUT2D eigenvalue weighted by Crippen LogP contribution is -2.06. The first kappa shape index (κ1) is 13.5. The van der Waals surface area contributed by atoms with Gasteiger partial charge in [0.25, 0.3) is 0 Å². The van der Waals surface area contributed by atoms with E-state index in [0.29, 0.717) is 5.95 Å². The molecule has 0 amide bonds. The third-order valence-electron chi connectivity index (χ3n) is 3.12. The van der Waals surface area contributed by atoms with Gasteiger partial charge in [-0.15, -0.1) is 11.3 Å². The Morgan fingerprint density at radius 2 is 2.00 bits per heavy atom. The maximum absolute atomic E-state index is 4.58. The highest BCUT2D eigenvalue weighted by Crippen LogP contribution is 2.31. The lowest BCUT2D eigenvalue weighted by Gasteiger charge is -2.07. The summed E-state index contributed by atoms with van der Waals surface area (Å²) >= 11 is 5.23. The molecule has 104 valence electrons. The first-order valence-corrected chi connectivity index (χ1v) is 7.80. The zero-order valence-electron chi connectivity index (χ0n) is 11.7. The molecule has 7 heteroatoms. The average molecular weight is 352 g/mol. The molecule has 20 heavy (non-hydrogen) atoms. The second-order valence-corrected chi connectivity index (χ2v) is 6.62. The highest BCUT2D eigenvalue weighted by molar-refractivity contribution is 9.10. The van der Waals surface area contributed by atoms with Gasteiger partial charge in [-0.05, 0) is 42.8 Å². The monoisotopic (exact) mass is 351 g/mol. The average Bonchev–Trinajstić information content (AvgIpc) is 2.92. The van der Waals surface area contributed by atoms with Crippen LogP contribution in [0, 0.1) is 20.8 Å². The zero-order chi connectivity index (χ0) is 14.4. The largest absolute Gasteiger partial charge is 0.357 e. The minimum Gasteiger partial charge on any atom is -0.357 e. The van der Waals surface area contributed by atoms with Crippen LogP contribution in [0.3, 0.4) is 0 Å². The molecular formula is C13H14BrN5S. The highest BCUT2D eigenvalue weighted by Gasteiger charge is 2.17. The van der Waals surface area contributed by atoms with Gasteiger partial charge in [0.2, 0.25) is 5.95 Å². The number of hydrogen-bond donors (Lipinski definition) is 1. The van der Waals surface area contributed by atoms with Gasteiger partial charge in [-0.1, -0.05) is 0 Å². The number of rotatable bonds is 2. The second kappa shape index (κ2) is 4.82. The van der Waals surface area contributed by atoms with Crippen molar-refractivity contribution in [2.45, 2.75) is 20.8 Å². The third kappa shape index (κ3) is 2.01. The number of aryl methyl sites for hydroxylation is 2. The summed E-state index contributed by atoms with van der Waals surface area (Å²) in [5, 5.41) is 8.61. The first-order chi connectivity index (χ1) is 9.51. The fourth-order valence-electron chi connectivity index (χ4n) is 2.13. The van der Waals surface area contributed by atoms with E-state index in [-0.39, 0.29) is 0 Å². The summed E-state index contributed by atoms with van der Waals surface area (Å²) in [5.74, 6) is 1.42. The Kier molecular flexibility index (Phi) is 3.25. The van der Waals surface area contributed by atoms with Crippen LogP contribution in [0.15, 0.2) is 10.5 Å². The standard InChI is InChI=1S/C13H14BrN5S/c1-6-5-9-11(16-13(15-4)17-12(9)20-6)19-8(3)10(14)7(2)18-19/h5H,1-4H3,(H,15,16,17). The van der Waals surface area contributed by atoms with E-state index in [1.807, 2.05) is 25.6 Å². The first-order valence-electron chi connectivity index (χ1n) is 6.19. The zero-order valence-corrected chi connectivity index (χ0v) is 14.1. The summed E-state index contributed by atoms with van der Waals surface area (Å²) in [5.41, 5.74) is 1.99. The molecule has 0 aliphatic heterocycles. The van der Waals surface area contributed by atoms with E-state index < -0.39 is 0 Å². The van der Waals surface area contributed by atoms with Crippen molar-refractivity contribution in [1.82, 2.24) is 19.7 Å². The molecule has 0 saturated heterocycles. The van der Waals surface area contributed by atoms with Crippen molar-refractivity contribution in [3.05, 3.63) is 26.8 Å². The van der Waals surface area contributed by atoms with Crippen molar-refractivity contribution in [2.75, 3.05) is 12.4 Å². The summed E-state index contributed by atoms with van der Waals surface area (Å²) in [6.45, 7) is 6.08. The molecule has 0 bridgehead atoms. The van der Waals surface area contributed by atoms with E-state index in [9.17, 15) is 0 Å². The fraction of sp³-hybridized carbons (Fsp3) is 0.308. The summed E-state index contributed by atoms with van der Waals surface area (Å²) in [7, 11) is 1.82. The van der Waals surface area contributed by atoms with E-state index >= 15 is 0 Å². The van der Waals surface area contributed by atoms with Gasteiger partial charge < -0.3 is 5.32 Å². The molecule has 0 fully saturated rings. The van der Waals surface area contributed by atoms with Crippen molar-refractivity contribution < 1.29 is 0 Å². The Morgan fingerprint density at radius 1 is 1.25 bits per heavy atom. The fourth-order valence-corrected chi connectivity index (χ4v) is 3.25. The molecule has 3 aromatic rings. The summed E-state index contributed by atoms with van der Waals surface area (Å²) in [6, 6.07) is 2.11. The molecule has 0 aromatic carbocycles. The van der Waals surface area contributed by atoms with Crippen LogP contribution in [0.1, 0.15) is 16.3 Å². The van der Waals surface area contributed by atoms with Crippen LogP contribution in [0.4, 0.5) is 5.95 Å². The van der Waals surface area contributed by atoms with Gasteiger partial charge in [0.1, 0.15) is 4.83 Å². The normalized spacial score (nSPS) is 11.2. The quantitative estimate of drug-likeness (QED) is 0.766. The molecule has 0 saturated carbocycles. The van der Waals surface area contributed by atoms with Crippen molar-refractivity contribution >= 4 is 43.4 Å². The Hall–Kier alpha value is -1.47. The molecule has 0 radical (unpaired) electrons. The Bertz CT molecular complexity index is 805. The number of anilines is 1. The van der Waals surface area contributed by atoms with Crippen LogP contribution in [-0.4, -0.2) is 26.8 Å². The van der Waals surface area contributed by atoms with Crippen LogP contribution in [-0.2, 0) is 0 Å². The van der Waals surface area contributed by atoms with E-state index in [1.54, 1.807) is 11.3 Å². The maximum atomic E-state index is 4.58. The maximum Gasteiger partial charge on any atom is 0.225 e. The Morgan fingerprint density at radius 3 is 2.60 bits per heavy atom. The van der Waals surface area contributed by atoms with Gasteiger partial charge in [0.05, 0.1) is 21.2 Å². The number of nitrogens with one attached hydrogen (secondary N) is 1. The number of aromatic nitrogens is 4. The van der Waals surface area contributed by atoms with Gasteiger partial charge in [0, 0.05) is 11.9 Å². The molecule has 0 aliphatic carbocycles. The number of fused-ring (bicyclic) bond motifs is 1. The highest BCUT2D eigenvalue weighted by atomic mass is 79.9. The van der Waals surface area contributed by atoms with Gasteiger partial charge in [0.15, 0.2) is 5.82 Å². The van der Waals surface area contributed by atoms with Crippen molar-refractivity contribution in [1.29, 1.82) is 0 Å². The smallest absolute Gasteiger partial charge is 0.225 e. The number of thiophene rings is 1. The Balaban J connectivity index is 2.36. The molecule has 0 aliphatic rings.